The van der Waals surface area contributed by atoms with Gasteiger partial charge in [-0.25, -0.2) is 0 Å². The zero-order chi connectivity index (χ0) is 12.3. The van der Waals surface area contributed by atoms with Gasteiger partial charge in [0.25, 0.3) is 0 Å². The van der Waals surface area contributed by atoms with Gasteiger partial charge in [-0.15, -0.1) is 0 Å². The SMILES string of the molecule is CC(C)C(=O)CCC(N)=O.CCNCC. The second-order valence-electron chi connectivity index (χ2n) is 3.54. The van der Waals surface area contributed by atoms with Crippen LogP contribution >= 0.6 is 0 Å². The van der Waals surface area contributed by atoms with Crippen LogP contribution in [0.25, 0.3) is 0 Å². The summed E-state index contributed by atoms with van der Waals surface area (Å²) >= 11 is 0. The van der Waals surface area contributed by atoms with Gasteiger partial charge < -0.3 is 11.1 Å². The number of hydrogen-bond acceptors (Lipinski definition) is 3. The summed E-state index contributed by atoms with van der Waals surface area (Å²) in [6.07, 6.45) is 0.462. The van der Waals surface area contributed by atoms with Gasteiger partial charge in [-0.3, -0.25) is 9.59 Å². The minimum atomic E-state index is -0.408. The molecule has 0 radical (unpaired) electrons. The van der Waals surface area contributed by atoms with E-state index in [1.54, 1.807) is 0 Å². The molecule has 0 saturated heterocycles. The quantitative estimate of drug-likeness (QED) is 0.698. The van der Waals surface area contributed by atoms with E-state index in [4.69, 9.17) is 5.73 Å². The van der Waals surface area contributed by atoms with E-state index in [2.05, 4.69) is 19.2 Å². The highest BCUT2D eigenvalue weighted by molar-refractivity contribution is 5.85. The Morgan fingerprint density at radius 1 is 1.13 bits per heavy atom. The lowest BCUT2D eigenvalue weighted by Gasteiger charge is -2.00. The van der Waals surface area contributed by atoms with Crippen LogP contribution in [0.3, 0.4) is 0 Å². The van der Waals surface area contributed by atoms with Crippen LogP contribution < -0.4 is 11.1 Å². The van der Waals surface area contributed by atoms with E-state index in [9.17, 15) is 9.59 Å². The molecular formula is C11H24N2O2. The van der Waals surface area contributed by atoms with Crippen molar-refractivity contribution in [2.24, 2.45) is 11.7 Å². The maximum Gasteiger partial charge on any atom is 0.217 e. The summed E-state index contributed by atoms with van der Waals surface area (Å²) in [4.78, 5) is 21.0. The first-order valence-corrected chi connectivity index (χ1v) is 5.47. The predicted molar refractivity (Wildman–Crippen MR) is 62.5 cm³/mol. The first kappa shape index (κ1) is 16.5. The van der Waals surface area contributed by atoms with Crippen molar-refractivity contribution in [2.75, 3.05) is 13.1 Å². The summed E-state index contributed by atoms with van der Waals surface area (Å²) in [6, 6.07) is 0. The molecule has 0 aliphatic heterocycles. The van der Waals surface area contributed by atoms with E-state index in [1.165, 1.54) is 0 Å². The molecule has 0 heterocycles. The third-order valence-electron chi connectivity index (χ3n) is 1.76. The fourth-order valence-corrected chi connectivity index (χ4v) is 0.785. The highest BCUT2D eigenvalue weighted by atomic mass is 16.1. The Morgan fingerprint density at radius 2 is 1.60 bits per heavy atom. The van der Waals surface area contributed by atoms with Gasteiger partial charge in [-0.1, -0.05) is 27.7 Å². The number of amides is 1. The van der Waals surface area contributed by atoms with Crippen molar-refractivity contribution in [3.8, 4) is 0 Å². The standard InChI is InChI=1S/C7H13NO2.C4H11N/c1-5(2)6(9)3-4-7(8)10;1-3-5-4-2/h5H,3-4H2,1-2H3,(H2,8,10);5H,3-4H2,1-2H3. The number of hydrogen-bond donors (Lipinski definition) is 2. The Bertz CT molecular complexity index is 177. The lowest BCUT2D eigenvalue weighted by Crippen LogP contribution is -2.14. The molecule has 4 nitrogen and oxygen atoms in total. The molecule has 0 aliphatic carbocycles. The largest absolute Gasteiger partial charge is 0.370 e. The zero-order valence-corrected chi connectivity index (χ0v) is 10.3. The minimum absolute atomic E-state index is 0.0133. The van der Waals surface area contributed by atoms with Gasteiger partial charge in [0.15, 0.2) is 0 Å². The average Bonchev–Trinajstić information content (AvgIpc) is 2.16. The van der Waals surface area contributed by atoms with Gasteiger partial charge in [0.2, 0.25) is 5.91 Å². The lowest BCUT2D eigenvalue weighted by molar-refractivity contribution is -0.125. The van der Waals surface area contributed by atoms with Gasteiger partial charge in [0.1, 0.15) is 5.78 Å². The molecule has 0 atom stereocenters. The molecule has 0 unspecified atom stereocenters. The minimum Gasteiger partial charge on any atom is -0.370 e. The van der Waals surface area contributed by atoms with Gasteiger partial charge in [0, 0.05) is 18.8 Å². The molecule has 15 heavy (non-hydrogen) atoms. The Labute approximate surface area is 92.6 Å². The average molecular weight is 216 g/mol. The van der Waals surface area contributed by atoms with Crippen LogP contribution in [-0.2, 0) is 9.59 Å². The number of carbonyl (C=O) groups excluding carboxylic acids is 2. The molecular weight excluding hydrogens is 192 g/mol. The number of carbonyl (C=O) groups is 2. The van der Waals surface area contributed by atoms with Crippen molar-refractivity contribution in [1.82, 2.24) is 5.32 Å². The van der Waals surface area contributed by atoms with E-state index in [1.807, 2.05) is 13.8 Å². The Kier molecular flexibility index (Phi) is 12.3. The van der Waals surface area contributed by atoms with Gasteiger partial charge in [-0.2, -0.15) is 0 Å². The molecule has 0 aliphatic rings. The van der Waals surface area contributed by atoms with Crippen molar-refractivity contribution in [1.29, 1.82) is 0 Å². The second kappa shape index (κ2) is 11.2. The summed E-state index contributed by atoms with van der Waals surface area (Å²) < 4.78 is 0. The van der Waals surface area contributed by atoms with E-state index < -0.39 is 5.91 Å². The van der Waals surface area contributed by atoms with Crippen molar-refractivity contribution in [3.63, 3.8) is 0 Å². The van der Waals surface area contributed by atoms with Gasteiger partial charge in [-0.05, 0) is 13.1 Å². The molecule has 0 aromatic rings. The Hall–Kier alpha value is -0.900. The molecule has 0 bridgehead atoms. The first-order valence-electron chi connectivity index (χ1n) is 5.47. The third kappa shape index (κ3) is 15.8. The number of nitrogens with one attached hydrogen (secondary N) is 1. The molecule has 0 aromatic heterocycles. The zero-order valence-electron chi connectivity index (χ0n) is 10.3. The van der Waals surface area contributed by atoms with Crippen LogP contribution in [0.15, 0.2) is 0 Å². The monoisotopic (exact) mass is 216 g/mol. The third-order valence-corrected chi connectivity index (χ3v) is 1.76. The van der Waals surface area contributed by atoms with Crippen LogP contribution in [0.1, 0.15) is 40.5 Å². The maximum absolute atomic E-state index is 10.8. The molecule has 0 rings (SSSR count). The fourth-order valence-electron chi connectivity index (χ4n) is 0.785. The summed E-state index contributed by atoms with van der Waals surface area (Å²) in [6.45, 7) is 10.0. The normalized spacial score (nSPS) is 9.40. The van der Waals surface area contributed by atoms with Crippen LogP contribution in [0, 0.1) is 5.92 Å². The van der Waals surface area contributed by atoms with Gasteiger partial charge >= 0.3 is 0 Å². The predicted octanol–water partition coefficient (Wildman–Crippen LogP) is 1.09. The van der Waals surface area contributed by atoms with E-state index in [0.29, 0.717) is 0 Å². The molecule has 0 saturated carbocycles. The Morgan fingerprint density at radius 3 is 1.80 bits per heavy atom. The van der Waals surface area contributed by atoms with Gasteiger partial charge in [0.05, 0.1) is 0 Å². The first-order chi connectivity index (χ1) is 6.95. The molecule has 0 spiro atoms. The van der Waals surface area contributed by atoms with E-state index in [-0.39, 0.29) is 24.5 Å². The summed E-state index contributed by atoms with van der Waals surface area (Å²) in [5, 5.41) is 3.11. The van der Waals surface area contributed by atoms with E-state index >= 15 is 0 Å². The van der Waals surface area contributed by atoms with Crippen LogP contribution in [-0.4, -0.2) is 24.8 Å². The van der Waals surface area contributed by atoms with Crippen LogP contribution in [0.5, 0.6) is 0 Å². The summed E-state index contributed by atoms with van der Waals surface area (Å²) in [5.41, 5.74) is 4.85. The maximum atomic E-state index is 10.8. The lowest BCUT2D eigenvalue weighted by atomic mass is 10.0. The van der Waals surface area contributed by atoms with Crippen molar-refractivity contribution < 1.29 is 9.59 Å². The highest BCUT2D eigenvalue weighted by Crippen LogP contribution is 2.00. The molecule has 0 aromatic carbocycles. The molecule has 1 amide bonds. The van der Waals surface area contributed by atoms with Crippen molar-refractivity contribution in [2.45, 2.75) is 40.5 Å². The number of ketones is 1. The number of primary amides is 1. The van der Waals surface area contributed by atoms with Crippen LogP contribution in [0.4, 0.5) is 0 Å². The molecule has 90 valence electrons. The highest BCUT2D eigenvalue weighted by Gasteiger charge is 2.07. The summed E-state index contributed by atoms with van der Waals surface area (Å²) in [7, 11) is 0. The van der Waals surface area contributed by atoms with Crippen molar-refractivity contribution >= 4 is 11.7 Å². The topological polar surface area (TPSA) is 72.2 Å². The molecule has 3 N–H and O–H groups in total. The molecule has 4 heteroatoms. The van der Waals surface area contributed by atoms with Crippen molar-refractivity contribution in [3.05, 3.63) is 0 Å². The smallest absolute Gasteiger partial charge is 0.217 e. The summed E-state index contributed by atoms with van der Waals surface area (Å²) in [5.74, 6) is -0.299. The number of rotatable bonds is 6. The second-order valence-corrected chi connectivity index (χ2v) is 3.54. The van der Waals surface area contributed by atoms with E-state index in [0.717, 1.165) is 13.1 Å². The fraction of sp³-hybridized carbons (Fsp3) is 0.818. The Balaban J connectivity index is 0. The molecule has 0 fully saturated rings. The number of nitrogens with two attached hydrogens (primary N) is 1. The van der Waals surface area contributed by atoms with Crippen LogP contribution in [0.2, 0.25) is 0 Å². The number of Topliss-reactive ketones (excluding diaryl/α,β-unsaturated/α-hetero) is 1.